The van der Waals surface area contributed by atoms with Crippen LogP contribution in [-0.4, -0.2) is 25.9 Å². The normalized spacial score (nSPS) is 13.8. The second-order valence-electron chi connectivity index (χ2n) is 3.90. The Labute approximate surface area is 109 Å². The van der Waals surface area contributed by atoms with Crippen molar-refractivity contribution in [2.45, 2.75) is 32.5 Å². The summed E-state index contributed by atoms with van der Waals surface area (Å²) in [7, 11) is 0. The van der Waals surface area contributed by atoms with Crippen molar-refractivity contribution in [3.8, 4) is 0 Å². The molecule has 0 radical (unpaired) electrons. The molecular weight excluding hydrogens is 263 g/mol. The Morgan fingerprint density at radius 1 is 1.33 bits per heavy atom. The van der Waals surface area contributed by atoms with Gasteiger partial charge < -0.3 is 10.1 Å². The molecule has 0 saturated heterocycles. The lowest BCUT2D eigenvalue weighted by Gasteiger charge is -2.17. The summed E-state index contributed by atoms with van der Waals surface area (Å²) in [6.45, 7) is 3.51. The summed E-state index contributed by atoms with van der Waals surface area (Å²) in [6, 6.07) is 3.80. The maximum atomic E-state index is 12.0. The summed E-state index contributed by atoms with van der Waals surface area (Å²) in [5, 5.41) is 3.14. The van der Waals surface area contributed by atoms with Crippen LogP contribution in [0.3, 0.4) is 0 Å². The van der Waals surface area contributed by atoms with Gasteiger partial charge in [0.25, 0.3) is 0 Å². The van der Waals surface area contributed by atoms with E-state index in [4.69, 9.17) is 4.74 Å². The van der Waals surface area contributed by atoms with E-state index < -0.39 is 12.8 Å². The Balaban J connectivity index is 2.54. The van der Waals surface area contributed by atoms with Crippen LogP contribution in [0.4, 0.5) is 13.2 Å². The minimum atomic E-state index is -4.26. The van der Waals surface area contributed by atoms with E-state index in [0.29, 0.717) is 6.54 Å². The summed E-state index contributed by atoms with van der Waals surface area (Å²) in [5.74, 6) is 0. The molecule has 0 amide bonds. The molecule has 0 bridgehead atoms. The molecule has 6 heteroatoms. The fourth-order valence-corrected chi connectivity index (χ4v) is 2.57. The zero-order valence-electron chi connectivity index (χ0n) is 10.5. The number of halogens is 3. The molecule has 0 fully saturated rings. The molecule has 0 saturated carbocycles. The number of ether oxygens (including phenoxy) is 1. The number of alkyl halides is 3. The molecule has 0 spiro atoms. The summed E-state index contributed by atoms with van der Waals surface area (Å²) >= 11 is 1.62. The monoisotopic (exact) mass is 281 g/mol. The van der Waals surface area contributed by atoms with Crippen LogP contribution in [0.15, 0.2) is 12.1 Å². The predicted molar refractivity (Wildman–Crippen MR) is 67.0 cm³/mol. The lowest BCUT2D eigenvalue weighted by molar-refractivity contribution is -0.175. The molecule has 1 unspecified atom stereocenters. The topological polar surface area (TPSA) is 21.3 Å². The van der Waals surface area contributed by atoms with Gasteiger partial charge >= 0.3 is 6.18 Å². The first-order valence-corrected chi connectivity index (χ1v) is 6.74. The van der Waals surface area contributed by atoms with Gasteiger partial charge in [-0.3, -0.25) is 0 Å². The van der Waals surface area contributed by atoms with E-state index in [-0.39, 0.29) is 12.6 Å². The van der Waals surface area contributed by atoms with Crippen molar-refractivity contribution in [2.75, 3.05) is 19.8 Å². The number of hydrogen-bond donors (Lipinski definition) is 1. The number of nitrogens with one attached hydrogen (secondary N) is 1. The summed E-state index contributed by atoms with van der Waals surface area (Å²) in [6.07, 6.45) is -3.33. The van der Waals surface area contributed by atoms with Crippen LogP contribution in [0, 0.1) is 0 Å². The van der Waals surface area contributed by atoms with Crippen LogP contribution >= 0.6 is 11.3 Å². The van der Waals surface area contributed by atoms with Crippen molar-refractivity contribution < 1.29 is 17.9 Å². The van der Waals surface area contributed by atoms with E-state index in [2.05, 4.69) is 12.2 Å². The SMILES string of the molecule is CCNC(COCC(F)(F)F)c1ccc(CC)s1. The number of aryl methyl sites for hydroxylation is 1. The zero-order chi connectivity index (χ0) is 13.6. The van der Waals surface area contributed by atoms with E-state index in [1.54, 1.807) is 11.3 Å². The van der Waals surface area contributed by atoms with Gasteiger partial charge in [0, 0.05) is 9.75 Å². The molecule has 1 atom stereocenters. The lowest BCUT2D eigenvalue weighted by atomic mass is 10.2. The van der Waals surface area contributed by atoms with E-state index in [1.165, 1.54) is 4.88 Å². The molecule has 1 aromatic rings. The van der Waals surface area contributed by atoms with Crippen LogP contribution in [-0.2, 0) is 11.2 Å². The predicted octanol–water partition coefficient (Wildman–Crippen LogP) is 3.54. The fourth-order valence-electron chi connectivity index (χ4n) is 1.55. The largest absolute Gasteiger partial charge is 0.411 e. The molecular formula is C12H18F3NOS. The highest BCUT2D eigenvalue weighted by Gasteiger charge is 2.28. The van der Waals surface area contributed by atoms with Crippen molar-refractivity contribution in [1.82, 2.24) is 5.32 Å². The van der Waals surface area contributed by atoms with Gasteiger partial charge in [-0.2, -0.15) is 13.2 Å². The van der Waals surface area contributed by atoms with Crippen molar-refractivity contribution in [3.63, 3.8) is 0 Å². The second kappa shape index (κ2) is 7.11. The van der Waals surface area contributed by atoms with E-state index in [1.807, 2.05) is 19.1 Å². The van der Waals surface area contributed by atoms with Gasteiger partial charge in [0.2, 0.25) is 0 Å². The Hall–Kier alpha value is -0.590. The number of hydrogen-bond acceptors (Lipinski definition) is 3. The van der Waals surface area contributed by atoms with Crippen LogP contribution in [0.2, 0.25) is 0 Å². The van der Waals surface area contributed by atoms with Gasteiger partial charge in [-0.25, -0.2) is 0 Å². The summed E-state index contributed by atoms with van der Waals surface area (Å²) in [4.78, 5) is 2.25. The molecule has 0 aromatic carbocycles. The van der Waals surface area contributed by atoms with Gasteiger partial charge in [-0.15, -0.1) is 11.3 Å². The number of likely N-dealkylation sites (N-methyl/N-ethyl adjacent to an activating group) is 1. The lowest BCUT2D eigenvalue weighted by Crippen LogP contribution is -2.27. The standard InChI is InChI=1S/C12H18F3NOS/c1-3-9-5-6-11(18-9)10(16-4-2)7-17-8-12(13,14)15/h5-6,10,16H,3-4,7-8H2,1-2H3. The van der Waals surface area contributed by atoms with Crippen LogP contribution < -0.4 is 5.32 Å². The Bertz CT molecular complexity index is 351. The minimum Gasteiger partial charge on any atom is -0.370 e. The maximum absolute atomic E-state index is 12.0. The van der Waals surface area contributed by atoms with E-state index >= 15 is 0 Å². The van der Waals surface area contributed by atoms with Crippen molar-refractivity contribution in [3.05, 3.63) is 21.9 Å². The molecule has 0 aliphatic carbocycles. The Morgan fingerprint density at radius 3 is 2.56 bits per heavy atom. The minimum absolute atomic E-state index is 0.0387. The summed E-state index contributed by atoms with van der Waals surface area (Å²) < 4.78 is 40.8. The van der Waals surface area contributed by atoms with Crippen molar-refractivity contribution in [2.24, 2.45) is 0 Å². The molecule has 2 nitrogen and oxygen atoms in total. The van der Waals surface area contributed by atoms with Gasteiger partial charge in [-0.05, 0) is 25.1 Å². The molecule has 104 valence electrons. The molecule has 1 N–H and O–H groups in total. The highest BCUT2D eigenvalue weighted by molar-refractivity contribution is 7.12. The first-order valence-electron chi connectivity index (χ1n) is 5.92. The second-order valence-corrected chi connectivity index (χ2v) is 5.10. The average Bonchev–Trinajstić information content (AvgIpc) is 2.74. The summed E-state index contributed by atoms with van der Waals surface area (Å²) in [5.41, 5.74) is 0. The van der Waals surface area contributed by atoms with Crippen LogP contribution in [0.5, 0.6) is 0 Å². The molecule has 0 aliphatic rings. The van der Waals surface area contributed by atoms with Gasteiger partial charge in [0.15, 0.2) is 0 Å². The smallest absolute Gasteiger partial charge is 0.370 e. The van der Waals surface area contributed by atoms with Gasteiger partial charge in [0.05, 0.1) is 12.6 Å². The maximum Gasteiger partial charge on any atom is 0.411 e. The van der Waals surface area contributed by atoms with E-state index in [0.717, 1.165) is 11.3 Å². The molecule has 0 aliphatic heterocycles. The number of thiophene rings is 1. The quantitative estimate of drug-likeness (QED) is 0.825. The number of rotatable bonds is 7. The molecule has 1 aromatic heterocycles. The van der Waals surface area contributed by atoms with Crippen molar-refractivity contribution >= 4 is 11.3 Å². The first-order chi connectivity index (χ1) is 8.46. The van der Waals surface area contributed by atoms with Crippen LogP contribution in [0.1, 0.15) is 29.6 Å². The fraction of sp³-hybridized carbons (Fsp3) is 0.667. The van der Waals surface area contributed by atoms with Crippen molar-refractivity contribution in [1.29, 1.82) is 0 Å². The Kier molecular flexibility index (Phi) is 6.11. The highest BCUT2D eigenvalue weighted by atomic mass is 32.1. The third-order valence-corrected chi connectivity index (χ3v) is 3.72. The zero-order valence-corrected chi connectivity index (χ0v) is 11.3. The molecule has 1 rings (SSSR count). The van der Waals surface area contributed by atoms with Crippen LogP contribution in [0.25, 0.3) is 0 Å². The first kappa shape index (κ1) is 15.5. The average molecular weight is 281 g/mol. The van der Waals surface area contributed by atoms with Gasteiger partial charge in [-0.1, -0.05) is 13.8 Å². The third kappa shape index (κ3) is 5.37. The Morgan fingerprint density at radius 2 is 2.06 bits per heavy atom. The third-order valence-electron chi connectivity index (χ3n) is 2.38. The van der Waals surface area contributed by atoms with Gasteiger partial charge in [0.1, 0.15) is 6.61 Å². The highest BCUT2D eigenvalue weighted by Crippen LogP contribution is 2.24. The molecule has 18 heavy (non-hydrogen) atoms. The molecule has 1 heterocycles. The van der Waals surface area contributed by atoms with E-state index in [9.17, 15) is 13.2 Å².